The molecular formula is C31H42Br2N4O11. The Kier molecular flexibility index (Phi) is 18.7. The summed E-state index contributed by atoms with van der Waals surface area (Å²) in [6.07, 6.45) is 4.40. The summed E-state index contributed by atoms with van der Waals surface area (Å²) in [4.78, 5) is 53.5. The number of esters is 2. The van der Waals surface area contributed by atoms with Gasteiger partial charge in [-0.15, -0.1) is 0 Å². The number of carbonyl (C=O) groups excluding carboxylic acids is 4. The molecule has 0 bridgehead atoms. The number of halogens is 2. The highest BCUT2D eigenvalue weighted by molar-refractivity contribution is 9.10. The molecule has 0 radical (unpaired) electrons. The third kappa shape index (κ3) is 17.4. The van der Waals surface area contributed by atoms with Gasteiger partial charge in [0.15, 0.2) is 11.6 Å². The van der Waals surface area contributed by atoms with Crippen LogP contribution >= 0.6 is 31.9 Å². The van der Waals surface area contributed by atoms with Crippen LogP contribution in [-0.4, -0.2) is 97.2 Å². The van der Waals surface area contributed by atoms with E-state index in [1.165, 1.54) is 7.11 Å². The molecule has 15 nitrogen and oxygen atoms in total. The molecule has 17 heteroatoms. The van der Waals surface area contributed by atoms with Crippen LogP contribution in [0.5, 0.6) is 0 Å². The predicted octanol–water partition coefficient (Wildman–Crippen LogP) is 4.13. The average Bonchev–Trinajstić information content (AvgIpc) is 3.70. The zero-order valence-corrected chi connectivity index (χ0v) is 30.3. The number of methoxy groups -OCH3 is 1. The van der Waals surface area contributed by atoms with Gasteiger partial charge >= 0.3 is 11.9 Å². The van der Waals surface area contributed by atoms with Gasteiger partial charge in [-0.1, -0.05) is 0 Å². The SMILES string of the molecule is CC1(CCO)OCCO1.CC1(CCOC(=O)CCC(=O)Nc2ccc(Br)cn2)OCCO1.COC(=O)CCC(=O)Nc1ccc(Br)cn1. The molecule has 0 atom stereocenters. The maximum absolute atomic E-state index is 11.7. The second-order valence-corrected chi connectivity index (χ2v) is 12.3. The van der Waals surface area contributed by atoms with Gasteiger partial charge in [0.1, 0.15) is 11.6 Å². The molecule has 2 aliphatic heterocycles. The van der Waals surface area contributed by atoms with Gasteiger partial charge in [-0.2, -0.15) is 0 Å². The third-order valence-corrected chi connectivity index (χ3v) is 7.45. The van der Waals surface area contributed by atoms with Crippen LogP contribution in [0.25, 0.3) is 0 Å². The number of amides is 2. The van der Waals surface area contributed by atoms with Crippen LogP contribution in [0.1, 0.15) is 52.4 Å². The lowest BCUT2D eigenvalue weighted by Crippen LogP contribution is -2.28. The summed E-state index contributed by atoms with van der Waals surface area (Å²) >= 11 is 6.49. The number of hydrogen-bond donors (Lipinski definition) is 3. The fraction of sp³-hybridized carbons (Fsp3) is 0.548. The number of nitrogens with zero attached hydrogens (tertiary/aromatic N) is 2. The van der Waals surface area contributed by atoms with E-state index in [0.29, 0.717) is 50.9 Å². The Balaban J connectivity index is 0.000000276. The predicted molar refractivity (Wildman–Crippen MR) is 180 cm³/mol. The van der Waals surface area contributed by atoms with E-state index < -0.39 is 23.5 Å². The number of ether oxygens (including phenoxy) is 6. The molecule has 3 N–H and O–H groups in total. The smallest absolute Gasteiger partial charge is 0.306 e. The first-order valence-corrected chi connectivity index (χ1v) is 16.7. The topological polar surface area (TPSA) is 194 Å². The second-order valence-electron chi connectivity index (χ2n) is 10.5. The summed E-state index contributed by atoms with van der Waals surface area (Å²) in [5.41, 5.74) is 0. The van der Waals surface area contributed by atoms with Crippen molar-refractivity contribution in [2.75, 3.05) is 57.4 Å². The highest BCUT2D eigenvalue weighted by Crippen LogP contribution is 2.23. The standard InChI is InChI=1S/C15H19BrN2O5.C10H11BrN2O3.C6H12O3/c1-15(22-8-9-23-15)6-7-21-14(20)5-4-13(19)18-12-3-2-11(16)10-17-12;1-16-10(15)5-4-9(14)13-8-3-2-7(11)6-12-8;1-6(2-3-7)8-4-5-9-6/h2-3,10H,4-9H2,1H3,(H,17,18,19);2-3,6H,4-5H2,1H3,(H,12,13,14);7H,2-5H2,1H3. The minimum Gasteiger partial charge on any atom is -0.469 e. The van der Waals surface area contributed by atoms with E-state index in [0.717, 1.165) is 8.95 Å². The zero-order chi connectivity index (χ0) is 35.4. The first-order valence-electron chi connectivity index (χ1n) is 15.1. The van der Waals surface area contributed by atoms with Gasteiger partial charge in [-0.05, 0) is 70.0 Å². The van der Waals surface area contributed by atoms with Crippen LogP contribution in [0.15, 0.2) is 45.6 Å². The van der Waals surface area contributed by atoms with E-state index in [9.17, 15) is 19.2 Å². The van der Waals surface area contributed by atoms with Crippen molar-refractivity contribution in [1.82, 2.24) is 9.97 Å². The highest BCUT2D eigenvalue weighted by Gasteiger charge is 2.31. The Labute approximate surface area is 296 Å². The van der Waals surface area contributed by atoms with Gasteiger partial charge in [-0.3, -0.25) is 19.2 Å². The number of aliphatic hydroxyl groups excluding tert-OH is 1. The number of rotatable bonds is 13. The van der Waals surface area contributed by atoms with Crippen molar-refractivity contribution in [1.29, 1.82) is 0 Å². The van der Waals surface area contributed by atoms with E-state index in [4.69, 9.17) is 28.8 Å². The summed E-state index contributed by atoms with van der Waals surface area (Å²) in [7, 11) is 1.29. The van der Waals surface area contributed by atoms with Crippen molar-refractivity contribution in [2.24, 2.45) is 0 Å². The molecule has 2 aliphatic rings. The lowest BCUT2D eigenvalue weighted by Gasteiger charge is -2.21. The van der Waals surface area contributed by atoms with Crippen LogP contribution in [0.2, 0.25) is 0 Å². The zero-order valence-electron chi connectivity index (χ0n) is 27.1. The Bertz CT molecular complexity index is 1290. The van der Waals surface area contributed by atoms with Crippen molar-refractivity contribution in [3.8, 4) is 0 Å². The highest BCUT2D eigenvalue weighted by atomic mass is 79.9. The van der Waals surface area contributed by atoms with Crippen LogP contribution in [0, 0.1) is 0 Å². The molecule has 48 heavy (non-hydrogen) atoms. The molecule has 2 amide bonds. The number of aliphatic hydroxyl groups is 1. The maximum Gasteiger partial charge on any atom is 0.306 e. The number of aromatic nitrogens is 2. The number of nitrogens with one attached hydrogen (secondary N) is 2. The first-order chi connectivity index (χ1) is 22.8. The van der Waals surface area contributed by atoms with Crippen LogP contribution in [0.4, 0.5) is 11.6 Å². The molecule has 0 saturated carbocycles. The summed E-state index contributed by atoms with van der Waals surface area (Å²) in [6.45, 7) is 6.38. The van der Waals surface area contributed by atoms with Gasteiger partial charge < -0.3 is 44.2 Å². The van der Waals surface area contributed by atoms with Crippen LogP contribution in [0.3, 0.4) is 0 Å². The first kappa shape index (κ1) is 41.1. The number of hydrogen-bond acceptors (Lipinski definition) is 13. The molecule has 2 aromatic heterocycles. The fourth-order valence-electron chi connectivity index (χ4n) is 3.87. The summed E-state index contributed by atoms with van der Waals surface area (Å²) in [6, 6.07) is 6.87. The van der Waals surface area contributed by atoms with E-state index in [1.54, 1.807) is 36.7 Å². The maximum atomic E-state index is 11.7. The minimum atomic E-state index is -0.676. The van der Waals surface area contributed by atoms with E-state index >= 15 is 0 Å². The number of anilines is 2. The van der Waals surface area contributed by atoms with Gasteiger partial charge in [0.2, 0.25) is 11.8 Å². The van der Waals surface area contributed by atoms with Crippen molar-refractivity contribution in [3.63, 3.8) is 0 Å². The Morgan fingerprint density at radius 3 is 1.58 bits per heavy atom. The Morgan fingerprint density at radius 2 is 1.19 bits per heavy atom. The van der Waals surface area contributed by atoms with Crippen molar-refractivity contribution >= 4 is 67.2 Å². The second kappa shape index (κ2) is 21.8. The molecule has 266 valence electrons. The number of carbonyl (C=O) groups is 4. The third-order valence-electron chi connectivity index (χ3n) is 6.51. The van der Waals surface area contributed by atoms with Gasteiger partial charge in [0, 0.05) is 53.6 Å². The minimum absolute atomic E-state index is 0.0147. The monoisotopic (exact) mass is 804 g/mol. The molecule has 0 unspecified atom stereocenters. The van der Waals surface area contributed by atoms with E-state index in [2.05, 4.69) is 57.2 Å². The van der Waals surface area contributed by atoms with Gasteiger partial charge in [0.05, 0.1) is 53.0 Å². The van der Waals surface area contributed by atoms with Gasteiger partial charge in [0.25, 0.3) is 0 Å². The summed E-state index contributed by atoms with van der Waals surface area (Å²) in [5.74, 6) is -1.66. The van der Waals surface area contributed by atoms with Crippen LogP contribution in [-0.2, 0) is 47.6 Å². The molecule has 0 aliphatic carbocycles. The molecule has 0 aromatic carbocycles. The summed E-state index contributed by atoms with van der Waals surface area (Å²) < 4.78 is 32.4. The lowest BCUT2D eigenvalue weighted by molar-refractivity contribution is -0.164. The quantitative estimate of drug-likeness (QED) is 0.245. The molecule has 2 aromatic rings. The molecule has 4 rings (SSSR count). The normalized spacial score (nSPS) is 15.5. The van der Waals surface area contributed by atoms with Gasteiger partial charge in [-0.25, -0.2) is 9.97 Å². The molecule has 0 spiro atoms. The molecule has 2 saturated heterocycles. The Morgan fingerprint density at radius 1 is 0.750 bits per heavy atom. The number of pyridine rings is 2. The van der Waals surface area contributed by atoms with Crippen molar-refractivity contribution in [3.05, 3.63) is 45.6 Å². The van der Waals surface area contributed by atoms with E-state index in [1.807, 2.05) is 13.8 Å². The fourth-order valence-corrected chi connectivity index (χ4v) is 4.34. The van der Waals surface area contributed by atoms with Crippen LogP contribution < -0.4 is 10.6 Å². The molecule has 4 heterocycles. The molecular weight excluding hydrogens is 764 g/mol. The summed E-state index contributed by atoms with van der Waals surface area (Å²) in [5, 5.41) is 13.7. The Hall–Kier alpha value is -3.06. The van der Waals surface area contributed by atoms with Crippen molar-refractivity contribution in [2.45, 2.75) is 63.9 Å². The average molecular weight is 807 g/mol. The largest absolute Gasteiger partial charge is 0.469 e. The lowest BCUT2D eigenvalue weighted by atomic mass is 10.2. The van der Waals surface area contributed by atoms with E-state index in [-0.39, 0.29) is 50.7 Å². The van der Waals surface area contributed by atoms with Crippen molar-refractivity contribution < 1.29 is 52.7 Å². The molecule has 2 fully saturated rings.